The summed E-state index contributed by atoms with van der Waals surface area (Å²) in [7, 11) is 0. The minimum Gasteiger partial charge on any atom is -0.466 e. The Morgan fingerprint density at radius 1 is 0.654 bits per heavy atom. The first-order valence-corrected chi connectivity index (χ1v) is 10.7. The van der Waals surface area contributed by atoms with Gasteiger partial charge in [-0.3, -0.25) is 9.59 Å². The van der Waals surface area contributed by atoms with Gasteiger partial charge in [-0.25, -0.2) is 0 Å². The van der Waals surface area contributed by atoms with Crippen molar-refractivity contribution >= 4 is 11.9 Å². The number of allylic oxidation sites excluding steroid dienone is 1. The van der Waals surface area contributed by atoms with E-state index >= 15 is 0 Å². The van der Waals surface area contributed by atoms with E-state index in [2.05, 4.69) is 13.8 Å². The molecule has 4 nitrogen and oxygen atoms in total. The van der Waals surface area contributed by atoms with Gasteiger partial charge in [0.25, 0.3) is 0 Å². The van der Waals surface area contributed by atoms with Crippen LogP contribution in [0.15, 0.2) is 12.2 Å². The molecule has 0 rings (SSSR count). The molecule has 0 unspecified atom stereocenters. The SMILES string of the molecule is CC/C=C\CCOC(=O)CCC(=O)OCCCCCCCCCCCC. The van der Waals surface area contributed by atoms with Crippen LogP contribution in [-0.4, -0.2) is 25.2 Å². The van der Waals surface area contributed by atoms with E-state index in [0.717, 1.165) is 25.7 Å². The summed E-state index contributed by atoms with van der Waals surface area (Å²) in [6.07, 6.45) is 18.5. The van der Waals surface area contributed by atoms with E-state index in [-0.39, 0.29) is 24.8 Å². The summed E-state index contributed by atoms with van der Waals surface area (Å²) in [5.41, 5.74) is 0. The molecule has 0 amide bonds. The minimum absolute atomic E-state index is 0.106. The molecule has 0 aliphatic heterocycles. The first kappa shape index (κ1) is 24.7. The quantitative estimate of drug-likeness (QED) is 0.166. The second-order valence-electron chi connectivity index (χ2n) is 6.79. The van der Waals surface area contributed by atoms with Gasteiger partial charge < -0.3 is 9.47 Å². The number of rotatable bonds is 18. The number of hydrogen-bond acceptors (Lipinski definition) is 4. The monoisotopic (exact) mass is 368 g/mol. The molecule has 0 fully saturated rings. The molecular formula is C22H40O4. The van der Waals surface area contributed by atoms with Crippen LogP contribution in [0.5, 0.6) is 0 Å². The Balaban J connectivity index is 3.33. The number of esters is 2. The molecule has 0 saturated heterocycles. The summed E-state index contributed by atoms with van der Waals surface area (Å²) in [6.45, 7) is 5.14. The fourth-order valence-electron chi connectivity index (χ4n) is 2.65. The molecular weight excluding hydrogens is 328 g/mol. The minimum atomic E-state index is -0.328. The average molecular weight is 369 g/mol. The molecule has 0 saturated carbocycles. The van der Waals surface area contributed by atoms with Crippen molar-refractivity contribution in [1.82, 2.24) is 0 Å². The molecule has 26 heavy (non-hydrogen) atoms. The maximum absolute atomic E-state index is 11.6. The number of hydrogen-bond donors (Lipinski definition) is 0. The van der Waals surface area contributed by atoms with Gasteiger partial charge in [0, 0.05) is 0 Å². The summed E-state index contributed by atoms with van der Waals surface area (Å²) in [6, 6.07) is 0. The van der Waals surface area contributed by atoms with Crippen LogP contribution in [0.4, 0.5) is 0 Å². The zero-order valence-electron chi connectivity index (χ0n) is 17.1. The largest absolute Gasteiger partial charge is 0.466 e. The van der Waals surface area contributed by atoms with E-state index in [1.54, 1.807) is 0 Å². The summed E-state index contributed by atoms with van der Waals surface area (Å²) >= 11 is 0. The number of unbranched alkanes of at least 4 members (excludes halogenated alkanes) is 9. The first-order valence-electron chi connectivity index (χ1n) is 10.7. The van der Waals surface area contributed by atoms with E-state index in [9.17, 15) is 9.59 Å². The zero-order chi connectivity index (χ0) is 19.3. The van der Waals surface area contributed by atoms with Gasteiger partial charge >= 0.3 is 11.9 Å². The highest BCUT2D eigenvalue weighted by Gasteiger charge is 2.08. The zero-order valence-corrected chi connectivity index (χ0v) is 17.1. The van der Waals surface area contributed by atoms with Crippen LogP contribution in [0, 0.1) is 0 Å². The summed E-state index contributed by atoms with van der Waals surface area (Å²) in [5.74, 6) is -0.630. The Morgan fingerprint density at radius 3 is 1.69 bits per heavy atom. The summed E-state index contributed by atoms with van der Waals surface area (Å²) < 4.78 is 10.2. The Hall–Kier alpha value is -1.32. The van der Waals surface area contributed by atoms with Crippen molar-refractivity contribution in [3.63, 3.8) is 0 Å². The lowest BCUT2D eigenvalue weighted by Gasteiger charge is -2.06. The molecule has 0 radical (unpaired) electrons. The van der Waals surface area contributed by atoms with Crippen LogP contribution >= 0.6 is 0 Å². The number of carbonyl (C=O) groups excluding carboxylic acids is 2. The Kier molecular flexibility index (Phi) is 19.0. The molecule has 0 atom stereocenters. The Morgan fingerprint density at radius 2 is 1.15 bits per heavy atom. The van der Waals surface area contributed by atoms with Crippen LogP contribution in [0.3, 0.4) is 0 Å². The number of ether oxygens (including phenoxy) is 2. The van der Waals surface area contributed by atoms with Gasteiger partial charge in [-0.1, -0.05) is 83.8 Å². The van der Waals surface area contributed by atoms with Crippen LogP contribution in [0.2, 0.25) is 0 Å². The molecule has 0 heterocycles. The first-order chi connectivity index (χ1) is 12.7. The van der Waals surface area contributed by atoms with E-state index in [1.165, 1.54) is 51.4 Å². The van der Waals surface area contributed by atoms with Crippen molar-refractivity contribution in [2.45, 2.75) is 104 Å². The predicted molar refractivity (Wildman–Crippen MR) is 107 cm³/mol. The van der Waals surface area contributed by atoms with Crippen LogP contribution in [0.25, 0.3) is 0 Å². The molecule has 0 N–H and O–H groups in total. The van der Waals surface area contributed by atoms with Gasteiger partial charge in [0.1, 0.15) is 0 Å². The molecule has 0 bridgehead atoms. The highest BCUT2D eigenvalue weighted by Crippen LogP contribution is 2.10. The maximum Gasteiger partial charge on any atom is 0.306 e. The number of carbonyl (C=O) groups is 2. The van der Waals surface area contributed by atoms with E-state index in [0.29, 0.717) is 13.2 Å². The Bertz CT molecular complexity index is 363. The molecule has 0 aliphatic carbocycles. The average Bonchev–Trinajstić information content (AvgIpc) is 2.64. The van der Waals surface area contributed by atoms with Gasteiger partial charge in [0.2, 0.25) is 0 Å². The van der Waals surface area contributed by atoms with Gasteiger partial charge in [0.15, 0.2) is 0 Å². The smallest absolute Gasteiger partial charge is 0.306 e. The second kappa shape index (κ2) is 20.0. The van der Waals surface area contributed by atoms with Crippen molar-refractivity contribution in [2.24, 2.45) is 0 Å². The molecule has 0 aromatic heterocycles. The molecule has 0 aromatic carbocycles. The van der Waals surface area contributed by atoms with Crippen molar-refractivity contribution in [1.29, 1.82) is 0 Å². The lowest BCUT2D eigenvalue weighted by molar-refractivity contribution is -0.150. The van der Waals surface area contributed by atoms with Gasteiger partial charge in [-0.2, -0.15) is 0 Å². The summed E-state index contributed by atoms with van der Waals surface area (Å²) in [4.78, 5) is 23.1. The van der Waals surface area contributed by atoms with Crippen molar-refractivity contribution < 1.29 is 19.1 Å². The molecule has 0 spiro atoms. The van der Waals surface area contributed by atoms with E-state index < -0.39 is 0 Å². The van der Waals surface area contributed by atoms with Gasteiger partial charge in [0.05, 0.1) is 26.1 Å². The topological polar surface area (TPSA) is 52.6 Å². The molecule has 0 aliphatic rings. The molecule has 4 heteroatoms. The highest BCUT2D eigenvalue weighted by atomic mass is 16.5. The van der Waals surface area contributed by atoms with Crippen molar-refractivity contribution in [3.05, 3.63) is 12.2 Å². The second-order valence-corrected chi connectivity index (χ2v) is 6.79. The highest BCUT2D eigenvalue weighted by molar-refractivity contribution is 5.77. The third-order valence-electron chi connectivity index (χ3n) is 4.24. The van der Waals surface area contributed by atoms with E-state index in [4.69, 9.17) is 9.47 Å². The van der Waals surface area contributed by atoms with Crippen LogP contribution < -0.4 is 0 Å². The predicted octanol–water partition coefficient (Wildman–Crippen LogP) is 6.13. The van der Waals surface area contributed by atoms with Crippen LogP contribution in [0.1, 0.15) is 104 Å². The summed E-state index contributed by atoms with van der Waals surface area (Å²) in [5, 5.41) is 0. The third-order valence-corrected chi connectivity index (χ3v) is 4.24. The molecule has 152 valence electrons. The van der Waals surface area contributed by atoms with Crippen molar-refractivity contribution in [2.75, 3.05) is 13.2 Å². The third kappa shape index (κ3) is 19.0. The van der Waals surface area contributed by atoms with E-state index in [1.807, 2.05) is 12.2 Å². The lowest BCUT2D eigenvalue weighted by Crippen LogP contribution is -2.11. The normalized spacial score (nSPS) is 11.0. The van der Waals surface area contributed by atoms with Crippen LogP contribution in [-0.2, 0) is 19.1 Å². The maximum atomic E-state index is 11.6. The lowest BCUT2D eigenvalue weighted by atomic mass is 10.1. The standard InChI is InChI=1S/C22H40O4/c1-3-5-7-9-10-11-12-13-14-16-20-26-22(24)18-17-21(23)25-19-15-8-6-4-2/h6,8H,3-5,7,9-20H2,1-2H3/b8-6-. The fourth-order valence-corrected chi connectivity index (χ4v) is 2.65. The van der Waals surface area contributed by atoms with Crippen molar-refractivity contribution in [3.8, 4) is 0 Å². The molecule has 0 aromatic rings. The van der Waals surface area contributed by atoms with Gasteiger partial charge in [-0.05, 0) is 19.3 Å². The van der Waals surface area contributed by atoms with Gasteiger partial charge in [-0.15, -0.1) is 0 Å². The Labute approximate surface area is 160 Å². The fraction of sp³-hybridized carbons (Fsp3) is 0.818.